The van der Waals surface area contributed by atoms with Crippen LogP contribution in [0.25, 0.3) is 65.2 Å². The molecule has 2 aliphatic rings. The van der Waals surface area contributed by atoms with Gasteiger partial charge in [0.2, 0.25) is 0 Å². The molecule has 3 atom stereocenters. The minimum absolute atomic E-state index is 0.00328. The lowest BCUT2D eigenvalue weighted by Crippen LogP contribution is -2.47. The van der Waals surface area contributed by atoms with Crippen LogP contribution in [0.2, 0.25) is 0 Å². The lowest BCUT2D eigenvalue weighted by molar-refractivity contribution is 0.0238. The van der Waals surface area contributed by atoms with Crippen molar-refractivity contribution in [3.8, 4) is 17.2 Å². The lowest BCUT2D eigenvalue weighted by atomic mass is 9.88. The van der Waals surface area contributed by atoms with Crippen LogP contribution in [0.4, 0.5) is 0 Å². The molecule has 96 heavy (non-hydrogen) atoms. The molecule has 8 heterocycles. The number of aromatic hydroxyl groups is 3. The van der Waals surface area contributed by atoms with E-state index in [9.17, 15) is 24.9 Å². The first kappa shape index (κ1) is 63.2. The number of hydrogen-bond donors (Lipinski definition) is 3. The molecule has 0 aliphatic carbocycles. The number of phenolic OH excluding ortho intramolecular Hbond substituents is 3. The fourth-order valence-electron chi connectivity index (χ4n) is 14.6. The van der Waals surface area contributed by atoms with Gasteiger partial charge in [-0.3, -0.25) is 29.7 Å². The molecular weight excluding hydrogens is 1220 g/mol. The first-order chi connectivity index (χ1) is 46.8. The number of rotatable bonds is 19. The van der Waals surface area contributed by atoms with Crippen LogP contribution in [0.3, 0.4) is 0 Å². The lowest BCUT2D eigenvalue weighted by Gasteiger charge is -2.40. The largest absolute Gasteiger partial charge is 0.507 e. The number of carbonyl (C=O) groups is 3. The topological polar surface area (TPSA) is 246 Å². The summed E-state index contributed by atoms with van der Waals surface area (Å²) in [6.07, 6.45) is 9.62. The highest BCUT2D eigenvalue weighted by atomic mass is 16.5. The monoisotopic (exact) mass is 1290 g/mol. The van der Waals surface area contributed by atoms with Gasteiger partial charge < -0.3 is 52.3 Å². The number of piperazine rings is 1. The molecule has 2 saturated heterocycles. The molecule has 490 valence electrons. The standard InChI is InChI=1S/C76H72N6O14/c1-7-91-74(86)56-42(3)94-71-52-12-10-9-11-50(52)67(83)62(59(56)71)65(47-17-24-77-25-18-47)81-32-30-80(31-33-81)41-46-14-16-53-54(40-46)69(85)63(66(48-19-26-78-27-20-48)82-34-37-90-38-35-82)60-57(43(4)95-72(53)60)76(88)93-36-23-45-13-15-51-55(39-45)73-61(58(44(5)96-73)75(87)92-8-2)64(68(51)84)70(89-6)49-21-28-79-29-22-49/h9-22,24-29,39-40,65-66,70,83-85H,7-8,23,30-38,41H2,1-6H3. The Balaban J connectivity index is 0.791. The van der Waals surface area contributed by atoms with E-state index in [0.717, 1.165) is 22.3 Å². The summed E-state index contributed by atoms with van der Waals surface area (Å²) in [5.74, 6) is -0.788. The second-order valence-electron chi connectivity index (χ2n) is 24.4. The molecule has 2 fully saturated rings. The number of morpholine rings is 1. The average Bonchev–Trinajstić information content (AvgIpc) is 1.50. The van der Waals surface area contributed by atoms with Gasteiger partial charge in [-0.15, -0.1) is 0 Å². The number of carbonyl (C=O) groups excluding carboxylic acids is 3. The summed E-state index contributed by atoms with van der Waals surface area (Å²) < 4.78 is 48.9. The minimum Gasteiger partial charge on any atom is -0.507 e. The van der Waals surface area contributed by atoms with E-state index in [4.69, 9.17) is 36.9 Å². The highest BCUT2D eigenvalue weighted by molar-refractivity contribution is 6.19. The van der Waals surface area contributed by atoms with Crippen molar-refractivity contribution in [2.45, 2.75) is 65.8 Å². The maximum absolute atomic E-state index is 15.0. The second-order valence-corrected chi connectivity index (χ2v) is 24.4. The summed E-state index contributed by atoms with van der Waals surface area (Å²) in [5, 5.41) is 42.7. The van der Waals surface area contributed by atoms with Crippen LogP contribution in [0, 0.1) is 20.8 Å². The van der Waals surface area contributed by atoms with Gasteiger partial charge in [0.15, 0.2) is 0 Å². The summed E-state index contributed by atoms with van der Waals surface area (Å²) in [6, 6.07) is 29.2. The van der Waals surface area contributed by atoms with Gasteiger partial charge in [0.1, 0.15) is 74.1 Å². The maximum atomic E-state index is 15.0. The van der Waals surface area contributed by atoms with E-state index in [-0.39, 0.29) is 60.2 Å². The predicted molar refractivity (Wildman–Crippen MR) is 361 cm³/mol. The normalized spacial score (nSPS) is 15.3. The maximum Gasteiger partial charge on any atom is 0.342 e. The van der Waals surface area contributed by atoms with Gasteiger partial charge in [-0.2, -0.15) is 0 Å². The molecule has 3 N–H and O–H groups in total. The molecule has 0 amide bonds. The Bertz CT molecular complexity index is 4960. The zero-order valence-corrected chi connectivity index (χ0v) is 54.1. The number of pyridine rings is 3. The number of aryl methyl sites for hydroxylation is 3. The highest BCUT2D eigenvalue weighted by Gasteiger charge is 2.38. The van der Waals surface area contributed by atoms with Crippen molar-refractivity contribution in [2.24, 2.45) is 0 Å². The zero-order valence-electron chi connectivity index (χ0n) is 54.1. The van der Waals surface area contributed by atoms with E-state index in [1.54, 1.807) is 90.0 Å². The van der Waals surface area contributed by atoms with Crippen molar-refractivity contribution in [2.75, 3.05) is 79.4 Å². The third-order valence-corrected chi connectivity index (χ3v) is 18.9. The number of ether oxygens (including phenoxy) is 5. The van der Waals surface area contributed by atoms with Crippen LogP contribution in [-0.4, -0.2) is 142 Å². The Hall–Kier alpha value is -10.2. The highest BCUT2D eigenvalue weighted by Crippen LogP contribution is 2.51. The van der Waals surface area contributed by atoms with Crippen molar-refractivity contribution in [1.82, 2.24) is 29.7 Å². The van der Waals surface area contributed by atoms with E-state index < -0.39 is 36.1 Å². The van der Waals surface area contributed by atoms with Gasteiger partial charge in [0.05, 0.1) is 45.1 Å². The number of phenols is 3. The third kappa shape index (κ3) is 11.2. The molecule has 0 spiro atoms. The van der Waals surface area contributed by atoms with Crippen LogP contribution in [-0.2, 0) is 36.6 Å². The van der Waals surface area contributed by atoms with E-state index in [1.165, 1.54) is 7.11 Å². The minimum atomic E-state index is -0.810. The number of fused-ring (bicyclic) bond motifs is 9. The van der Waals surface area contributed by atoms with Crippen LogP contribution in [0.5, 0.6) is 17.2 Å². The van der Waals surface area contributed by atoms with Gasteiger partial charge in [0.25, 0.3) is 0 Å². The quantitative estimate of drug-likeness (QED) is 0.0503. The van der Waals surface area contributed by atoms with Crippen LogP contribution in [0.1, 0.15) is 125 Å². The Kier molecular flexibility index (Phi) is 17.5. The van der Waals surface area contributed by atoms with Crippen molar-refractivity contribution >= 4 is 83.1 Å². The molecule has 14 rings (SSSR count). The predicted octanol–water partition coefficient (Wildman–Crippen LogP) is 13.4. The van der Waals surface area contributed by atoms with E-state index in [1.807, 2.05) is 78.9 Å². The molecule has 0 radical (unpaired) electrons. The van der Waals surface area contributed by atoms with Crippen molar-refractivity contribution in [3.63, 3.8) is 0 Å². The van der Waals surface area contributed by atoms with E-state index in [2.05, 4.69) is 29.7 Å². The Morgan fingerprint density at radius 1 is 0.490 bits per heavy atom. The number of nitrogens with zero attached hydrogens (tertiary/aromatic N) is 6. The van der Waals surface area contributed by atoms with Gasteiger partial charge >= 0.3 is 17.9 Å². The molecule has 6 aromatic carbocycles. The molecule has 20 heteroatoms. The molecule has 20 nitrogen and oxygen atoms in total. The third-order valence-electron chi connectivity index (χ3n) is 18.9. The van der Waals surface area contributed by atoms with Crippen molar-refractivity contribution < 1.29 is 66.6 Å². The van der Waals surface area contributed by atoms with Crippen molar-refractivity contribution in [3.05, 3.63) is 213 Å². The number of benzene rings is 6. The first-order valence-corrected chi connectivity index (χ1v) is 32.4. The number of furan rings is 3. The number of hydrogen-bond acceptors (Lipinski definition) is 20. The molecule has 2 aliphatic heterocycles. The molecule has 0 saturated carbocycles. The van der Waals surface area contributed by atoms with Crippen molar-refractivity contribution in [1.29, 1.82) is 0 Å². The summed E-state index contributed by atoms with van der Waals surface area (Å²) in [7, 11) is 1.53. The SMILES string of the molecule is CCOC(=O)c1c(C)oc2c1c(C(OC)c1ccncc1)c(O)c1ccc(CCOC(=O)c3c(C)oc4c3c(C(c3ccncc3)N3CCOCC3)c(O)c3cc(CN5CCN(C(c6ccncc6)c6c(O)c7ccccc7c7oc(C)c(C(=O)OCC)c67)CC5)ccc34)cc12. The summed E-state index contributed by atoms with van der Waals surface area (Å²) >= 11 is 0. The average molecular weight is 1290 g/mol. The van der Waals surface area contributed by atoms with Gasteiger partial charge in [-0.05, 0) is 111 Å². The number of aromatic nitrogens is 3. The van der Waals surface area contributed by atoms with E-state index in [0.29, 0.717) is 164 Å². The fraction of sp³-hybridized carbons (Fsp3) is 0.289. The number of esters is 3. The van der Waals surface area contributed by atoms with Gasteiger partial charge in [0, 0.05) is 162 Å². The smallest absolute Gasteiger partial charge is 0.342 e. The summed E-state index contributed by atoms with van der Waals surface area (Å²) in [5.41, 5.74) is 7.44. The van der Waals surface area contributed by atoms with Crippen LogP contribution >= 0.6 is 0 Å². The van der Waals surface area contributed by atoms with Gasteiger partial charge in [-0.25, -0.2) is 14.4 Å². The first-order valence-electron chi connectivity index (χ1n) is 32.4. The van der Waals surface area contributed by atoms with Crippen LogP contribution < -0.4 is 0 Å². The fourth-order valence-corrected chi connectivity index (χ4v) is 14.6. The Labute approximate surface area is 552 Å². The molecule has 0 bridgehead atoms. The molecular formula is C76H72N6O14. The summed E-state index contributed by atoms with van der Waals surface area (Å²) in [6.45, 7) is 13.8. The second kappa shape index (κ2) is 26.5. The van der Waals surface area contributed by atoms with Gasteiger partial charge in [-0.1, -0.05) is 48.5 Å². The molecule has 12 aromatic rings. The van der Waals surface area contributed by atoms with E-state index >= 15 is 4.79 Å². The van der Waals surface area contributed by atoms with Crippen LogP contribution in [0.15, 0.2) is 147 Å². The summed E-state index contributed by atoms with van der Waals surface area (Å²) in [4.78, 5) is 62.4. The molecule has 3 unspecified atom stereocenters. The Morgan fingerprint density at radius 2 is 0.917 bits per heavy atom. The molecule has 6 aromatic heterocycles. The zero-order chi connectivity index (χ0) is 66.5. The number of methoxy groups -OCH3 is 1. The Morgan fingerprint density at radius 3 is 1.46 bits per heavy atom.